The number of aromatic nitrogens is 2. The molecule has 3 aromatic rings. The van der Waals surface area contributed by atoms with Crippen LogP contribution >= 0.6 is 27.5 Å². The van der Waals surface area contributed by atoms with Crippen molar-refractivity contribution in [1.29, 1.82) is 0 Å². The van der Waals surface area contributed by atoms with Crippen molar-refractivity contribution in [3.8, 4) is 11.6 Å². The topological polar surface area (TPSA) is 90.2 Å². The van der Waals surface area contributed by atoms with Gasteiger partial charge in [0.05, 0.1) is 4.92 Å². The second-order valence-electron chi connectivity index (χ2n) is 5.28. The van der Waals surface area contributed by atoms with E-state index in [9.17, 15) is 10.1 Å². The van der Waals surface area contributed by atoms with Crippen LogP contribution in [-0.2, 0) is 0 Å². The minimum absolute atomic E-state index is 0.0111. The molecule has 0 aliphatic rings. The first-order valence-electron chi connectivity index (χ1n) is 7.40. The summed E-state index contributed by atoms with van der Waals surface area (Å²) in [4.78, 5) is 18.8. The first-order chi connectivity index (χ1) is 12.4. The molecule has 0 bridgehead atoms. The molecule has 132 valence electrons. The molecule has 0 aliphatic carbocycles. The standard InChI is InChI=1S/C17H12BrClN4O3/c1-10-2-5-12(8-14(10)19)22-16-15(23(24)25)17(21-9-20-16)26-13-6-3-11(18)4-7-13/h2-9H,1H3,(H,20,21,22). The van der Waals surface area contributed by atoms with E-state index in [1.807, 2.05) is 6.92 Å². The summed E-state index contributed by atoms with van der Waals surface area (Å²) in [7, 11) is 0. The van der Waals surface area contributed by atoms with Gasteiger partial charge in [-0.15, -0.1) is 0 Å². The number of nitrogens with one attached hydrogen (secondary N) is 1. The Hall–Kier alpha value is -2.71. The lowest BCUT2D eigenvalue weighted by molar-refractivity contribution is -0.385. The summed E-state index contributed by atoms with van der Waals surface area (Å²) in [6.07, 6.45) is 1.19. The van der Waals surface area contributed by atoms with Gasteiger partial charge in [0, 0.05) is 15.2 Å². The maximum absolute atomic E-state index is 11.6. The number of hydrogen-bond acceptors (Lipinski definition) is 6. The zero-order chi connectivity index (χ0) is 18.7. The molecule has 0 saturated heterocycles. The van der Waals surface area contributed by atoms with Gasteiger partial charge in [-0.1, -0.05) is 33.6 Å². The van der Waals surface area contributed by atoms with Crippen molar-refractivity contribution < 1.29 is 9.66 Å². The monoisotopic (exact) mass is 434 g/mol. The summed E-state index contributed by atoms with van der Waals surface area (Å²) in [6.45, 7) is 1.86. The Balaban J connectivity index is 1.96. The van der Waals surface area contributed by atoms with Crippen LogP contribution in [0.4, 0.5) is 17.2 Å². The molecule has 0 spiro atoms. The van der Waals surface area contributed by atoms with Gasteiger partial charge in [-0.05, 0) is 48.9 Å². The van der Waals surface area contributed by atoms with Crippen LogP contribution in [0.15, 0.2) is 53.3 Å². The highest BCUT2D eigenvalue weighted by atomic mass is 79.9. The molecule has 0 aliphatic heterocycles. The second kappa shape index (κ2) is 7.67. The molecule has 9 heteroatoms. The maximum atomic E-state index is 11.6. The van der Waals surface area contributed by atoms with Crippen LogP contribution in [0.3, 0.4) is 0 Å². The van der Waals surface area contributed by atoms with E-state index in [0.717, 1.165) is 10.0 Å². The van der Waals surface area contributed by atoms with Gasteiger partial charge in [-0.2, -0.15) is 4.98 Å². The summed E-state index contributed by atoms with van der Waals surface area (Å²) in [5.74, 6) is 0.268. The zero-order valence-corrected chi connectivity index (χ0v) is 15.8. The Morgan fingerprint density at radius 1 is 1.19 bits per heavy atom. The minimum atomic E-state index is -0.591. The highest BCUT2D eigenvalue weighted by Crippen LogP contribution is 2.36. The molecule has 0 atom stereocenters. The Kier molecular flexibility index (Phi) is 5.34. The fourth-order valence-electron chi connectivity index (χ4n) is 2.11. The first kappa shape index (κ1) is 18.1. The quantitative estimate of drug-likeness (QED) is 0.412. The maximum Gasteiger partial charge on any atom is 0.373 e. The molecule has 2 aromatic carbocycles. The average molecular weight is 436 g/mol. The van der Waals surface area contributed by atoms with Crippen LogP contribution in [0.25, 0.3) is 0 Å². The summed E-state index contributed by atoms with van der Waals surface area (Å²) >= 11 is 9.42. The Bertz CT molecular complexity index is 967. The van der Waals surface area contributed by atoms with Crippen molar-refractivity contribution in [3.05, 3.63) is 74.0 Å². The van der Waals surface area contributed by atoms with Crippen molar-refractivity contribution in [2.24, 2.45) is 0 Å². The Morgan fingerprint density at radius 2 is 1.92 bits per heavy atom. The number of ether oxygens (including phenoxy) is 1. The van der Waals surface area contributed by atoms with Gasteiger partial charge >= 0.3 is 11.6 Å². The Labute approximate surface area is 162 Å². The van der Waals surface area contributed by atoms with Crippen molar-refractivity contribution in [2.75, 3.05) is 5.32 Å². The van der Waals surface area contributed by atoms with E-state index < -0.39 is 4.92 Å². The van der Waals surface area contributed by atoms with Crippen LogP contribution in [0.5, 0.6) is 11.6 Å². The van der Waals surface area contributed by atoms with E-state index in [-0.39, 0.29) is 17.4 Å². The van der Waals surface area contributed by atoms with Gasteiger partial charge < -0.3 is 10.1 Å². The van der Waals surface area contributed by atoms with E-state index in [1.165, 1.54) is 6.33 Å². The van der Waals surface area contributed by atoms with Gasteiger partial charge in [-0.25, -0.2) is 4.98 Å². The SMILES string of the molecule is Cc1ccc(Nc2ncnc(Oc3ccc(Br)cc3)c2[N+](=O)[O-])cc1Cl. The fourth-order valence-corrected chi connectivity index (χ4v) is 2.56. The molecule has 7 nitrogen and oxygen atoms in total. The van der Waals surface area contributed by atoms with Crippen LogP contribution in [-0.4, -0.2) is 14.9 Å². The Morgan fingerprint density at radius 3 is 2.58 bits per heavy atom. The molecule has 0 amide bonds. The number of hydrogen-bond donors (Lipinski definition) is 1. The number of halogens is 2. The minimum Gasteiger partial charge on any atom is -0.434 e. The third kappa shape index (κ3) is 4.09. The molecule has 1 N–H and O–H groups in total. The van der Waals surface area contributed by atoms with Gasteiger partial charge in [0.15, 0.2) is 0 Å². The van der Waals surface area contributed by atoms with Crippen molar-refractivity contribution in [1.82, 2.24) is 9.97 Å². The molecular weight excluding hydrogens is 424 g/mol. The van der Waals surface area contributed by atoms with Gasteiger partial charge in [-0.3, -0.25) is 10.1 Å². The molecule has 26 heavy (non-hydrogen) atoms. The van der Waals surface area contributed by atoms with Gasteiger partial charge in [0.25, 0.3) is 0 Å². The third-order valence-corrected chi connectivity index (χ3v) is 4.37. The van der Waals surface area contributed by atoms with Gasteiger partial charge in [0.2, 0.25) is 5.82 Å². The molecule has 1 heterocycles. The third-order valence-electron chi connectivity index (χ3n) is 3.43. The van der Waals surface area contributed by atoms with Gasteiger partial charge in [0.1, 0.15) is 12.1 Å². The molecule has 3 rings (SSSR count). The highest BCUT2D eigenvalue weighted by molar-refractivity contribution is 9.10. The summed E-state index contributed by atoms with van der Waals surface area (Å²) in [5, 5.41) is 15.0. The number of nitrogens with zero attached hydrogens (tertiary/aromatic N) is 3. The molecule has 0 unspecified atom stereocenters. The van der Waals surface area contributed by atoms with Crippen molar-refractivity contribution in [2.45, 2.75) is 6.92 Å². The van der Waals surface area contributed by atoms with E-state index >= 15 is 0 Å². The molecular formula is C17H12BrClN4O3. The molecule has 1 aromatic heterocycles. The number of nitro groups is 1. The lowest BCUT2D eigenvalue weighted by Crippen LogP contribution is -2.03. The lowest BCUT2D eigenvalue weighted by atomic mass is 10.2. The van der Waals surface area contributed by atoms with E-state index in [2.05, 4.69) is 31.2 Å². The van der Waals surface area contributed by atoms with Crippen LogP contribution in [0, 0.1) is 17.0 Å². The average Bonchev–Trinajstić information content (AvgIpc) is 2.60. The van der Waals surface area contributed by atoms with E-state index in [4.69, 9.17) is 16.3 Å². The first-order valence-corrected chi connectivity index (χ1v) is 8.57. The smallest absolute Gasteiger partial charge is 0.373 e. The zero-order valence-electron chi connectivity index (χ0n) is 13.4. The number of rotatable bonds is 5. The summed E-state index contributed by atoms with van der Waals surface area (Å²) in [5.41, 5.74) is 1.10. The lowest BCUT2D eigenvalue weighted by Gasteiger charge is -2.10. The predicted molar refractivity (Wildman–Crippen MR) is 102 cm³/mol. The predicted octanol–water partition coefficient (Wildman–Crippen LogP) is 5.65. The largest absolute Gasteiger partial charge is 0.434 e. The number of aryl methyl sites for hydroxylation is 1. The second-order valence-corrected chi connectivity index (χ2v) is 6.60. The summed E-state index contributed by atoms with van der Waals surface area (Å²) in [6, 6.07) is 12.1. The van der Waals surface area contributed by atoms with Crippen LogP contribution < -0.4 is 10.1 Å². The molecule has 0 radical (unpaired) electrons. The molecule has 0 saturated carbocycles. The molecule has 0 fully saturated rings. The summed E-state index contributed by atoms with van der Waals surface area (Å²) < 4.78 is 6.43. The van der Waals surface area contributed by atoms with Crippen LogP contribution in [0.2, 0.25) is 5.02 Å². The number of anilines is 2. The normalized spacial score (nSPS) is 10.4. The number of benzene rings is 2. The highest BCUT2D eigenvalue weighted by Gasteiger charge is 2.25. The van der Waals surface area contributed by atoms with E-state index in [1.54, 1.807) is 42.5 Å². The van der Waals surface area contributed by atoms with Crippen LogP contribution in [0.1, 0.15) is 5.56 Å². The fraction of sp³-hybridized carbons (Fsp3) is 0.0588. The van der Waals surface area contributed by atoms with E-state index in [0.29, 0.717) is 16.5 Å². The van der Waals surface area contributed by atoms with Crippen molar-refractivity contribution >= 4 is 44.7 Å². The van der Waals surface area contributed by atoms with Crippen molar-refractivity contribution in [3.63, 3.8) is 0 Å².